The first-order valence-corrected chi connectivity index (χ1v) is 7.32. The van der Waals surface area contributed by atoms with Crippen LogP contribution in [0.5, 0.6) is 11.5 Å². The molecule has 0 aliphatic heterocycles. The Kier molecular flexibility index (Phi) is 5.58. The van der Waals surface area contributed by atoms with Crippen LogP contribution in [0.25, 0.3) is 0 Å². The van der Waals surface area contributed by atoms with Gasteiger partial charge in [-0.2, -0.15) is 0 Å². The summed E-state index contributed by atoms with van der Waals surface area (Å²) >= 11 is 5.67. The van der Waals surface area contributed by atoms with Crippen molar-refractivity contribution in [3.63, 3.8) is 0 Å². The summed E-state index contributed by atoms with van der Waals surface area (Å²) in [6.45, 7) is 0. The summed E-state index contributed by atoms with van der Waals surface area (Å²) in [5.41, 5.74) is -1.54. The minimum atomic E-state index is -0.903. The standard InChI is InChI=1S/C15H12ClN3O7/c1-25-9-3-4-10(13(7-9)26-2)17-15(20)8-5-11(18(21)22)14(16)12(6-8)19(23)24/h3-7H,1-2H3,(H,17,20). The Hall–Kier alpha value is -3.40. The molecule has 0 aliphatic carbocycles. The van der Waals surface area contributed by atoms with Crippen molar-refractivity contribution >= 4 is 34.6 Å². The number of benzene rings is 2. The molecule has 0 saturated carbocycles. The van der Waals surface area contributed by atoms with Gasteiger partial charge in [0.1, 0.15) is 11.5 Å². The van der Waals surface area contributed by atoms with Crippen molar-refractivity contribution in [3.05, 3.63) is 61.1 Å². The van der Waals surface area contributed by atoms with Gasteiger partial charge >= 0.3 is 0 Å². The fourth-order valence-electron chi connectivity index (χ4n) is 2.09. The molecule has 0 atom stereocenters. The average Bonchev–Trinajstić information content (AvgIpc) is 2.61. The molecule has 1 N–H and O–H groups in total. The molecule has 0 spiro atoms. The third-order valence-corrected chi connectivity index (χ3v) is 3.73. The van der Waals surface area contributed by atoms with Gasteiger partial charge in [0.2, 0.25) is 0 Å². The van der Waals surface area contributed by atoms with Crippen molar-refractivity contribution in [2.24, 2.45) is 0 Å². The van der Waals surface area contributed by atoms with Crippen molar-refractivity contribution < 1.29 is 24.1 Å². The molecule has 0 heterocycles. The zero-order valence-corrected chi connectivity index (χ0v) is 14.3. The van der Waals surface area contributed by atoms with E-state index in [2.05, 4.69) is 5.32 Å². The number of methoxy groups -OCH3 is 2. The SMILES string of the molecule is COc1ccc(NC(=O)c2cc([N+](=O)[O-])c(Cl)c([N+](=O)[O-])c2)c(OC)c1. The Morgan fingerprint density at radius 2 is 1.62 bits per heavy atom. The summed E-state index contributed by atoms with van der Waals surface area (Å²) in [4.78, 5) is 32.7. The molecule has 136 valence electrons. The third kappa shape index (κ3) is 3.81. The molecular formula is C15H12ClN3O7. The summed E-state index contributed by atoms with van der Waals surface area (Å²) in [6, 6.07) is 6.29. The second kappa shape index (κ2) is 7.66. The number of nitro groups is 2. The number of nitro benzene ring substituents is 2. The molecule has 11 heteroatoms. The maximum absolute atomic E-state index is 12.4. The van der Waals surface area contributed by atoms with E-state index < -0.39 is 32.2 Å². The maximum atomic E-state index is 12.4. The highest BCUT2D eigenvalue weighted by Gasteiger charge is 2.27. The molecule has 2 aromatic carbocycles. The van der Waals surface area contributed by atoms with Gasteiger partial charge in [-0.1, -0.05) is 11.6 Å². The van der Waals surface area contributed by atoms with Crippen LogP contribution in [0.3, 0.4) is 0 Å². The van der Waals surface area contributed by atoms with Crippen LogP contribution < -0.4 is 14.8 Å². The minimum Gasteiger partial charge on any atom is -0.497 e. The van der Waals surface area contributed by atoms with Gasteiger partial charge in [0.15, 0.2) is 5.02 Å². The zero-order chi connectivity index (χ0) is 19.4. The van der Waals surface area contributed by atoms with E-state index in [1.165, 1.54) is 26.4 Å². The Balaban J connectivity index is 2.44. The lowest BCUT2D eigenvalue weighted by atomic mass is 10.1. The maximum Gasteiger partial charge on any atom is 0.295 e. The highest BCUT2D eigenvalue weighted by atomic mass is 35.5. The van der Waals surface area contributed by atoms with Crippen LogP contribution >= 0.6 is 11.6 Å². The first-order chi connectivity index (χ1) is 12.3. The molecule has 0 unspecified atom stereocenters. The van der Waals surface area contributed by atoms with Gasteiger partial charge in [-0.05, 0) is 12.1 Å². The molecule has 2 aromatic rings. The summed E-state index contributed by atoms with van der Waals surface area (Å²) < 4.78 is 10.2. The Morgan fingerprint density at radius 1 is 1.04 bits per heavy atom. The van der Waals surface area contributed by atoms with E-state index in [9.17, 15) is 25.0 Å². The van der Waals surface area contributed by atoms with Crippen molar-refractivity contribution in [1.29, 1.82) is 0 Å². The Morgan fingerprint density at radius 3 is 2.08 bits per heavy atom. The van der Waals surface area contributed by atoms with E-state index in [4.69, 9.17) is 21.1 Å². The number of ether oxygens (including phenoxy) is 2. The van der Waals surface area contributed by atoms with Crippen LogP contribution in [0.2, 0.25) is 5.02 Å². The normalized spacial score (nSPS) is 10.1. The number of hydrogen-bond acceptors (Lipinski definition) is 7. The second-order valence-electron chi connectivity index (χ2n) is 4.86. The quantitative estimate of drug-likeness (QED) is 0.598. The molecule has 0 aliphatic rings. The van der Waals surface area contributed by atoms with Gasteiger partial charge in [0.25, 0.3) is 17.3 Å². The molecule has 1 amide bonds. The van der Waals surface area contributed by atoms with E-state index in [0.717, 1.165) is 12.1 Å². The van der Waals surface area contributed by atoms with Crippen LogP contribution in [-0.2, 0) is 0 Å². The van der Waals surface area contributed by atoms with Crippen molar-refractivity contribution in [3.8, 4) is 11.5 Å². The van der Waals surface area contributed by atoms with Crippen LogP contribution in [-0.4, -0.2) is 30.0 Å². The van der Waals surface area contributed by atoms with E-state index in [1.54, 1.807) is 6.07 Å². The number of anilines is 1. The van der Waals surface area contributed by atoms with Crippen LogP contribution in [0, 0.1) is 20.2 Å². The second-order valence-corrected chi connectivity index (χ2v) is 5.24. The number of rotatable bonds is 6. The molecule has 0 saturated heterocycles. The number of carbonyl (C=O) groups excluding carboxylic acids is 1. The molecule has 0 radical (unpaired) electrons. The molecule has 26 heavy (non-hydrogen) atoms. The molecule has 0 aromatic heterocycles. The van der Waals surface area contributed by atoms with Gasteiger partial charge in [-0.3, -0.25) is 25.0 Å². The largest absolute Gasteiger partial charge is 0.497 e. The molecule has 2 rings (SSSR count). The summed E-state index contributed by atoms with van der Waals surface area (Å²) in [7, 11) is 2.83. The lowest BCUT2D eigenvalue weighted by Gasteiger charge is -2.11. The van der Waals surface area contributed by atoms with Gasteiger partial charge in [-0.15, -0.1) is 0 Å². The number of carbonyl (C=O) groups is 1. The Bertz CT molecular complexity index is 866. The predicted octanol–water partition coefficient (Wildman–Crippen LogP) is 3.43. The highest BCUT2D eigenvalue weighted by Crippen LogP contribution is 2.35. The molecule has 10 nitrogen and oxygen atoms in total. The molecule has 0 bridgehead atoms. The van der Waals surface area contributed by atoms with Gasteiger partial charge < -0.3 is 14.8 Å². The van der Waals surface area contributed by atoms with Crippen molar-refractivity contribution in [2.45, 2.75) is 0 Å². The van der Waals surface area contributed by atoms with E-state index >= 15 is 0 Å². The zero-order valence-electron chi connectivity index (χ0n) is 13.5. The third-order valence-electron chi connectivity index (χ3n) is 3.35. The summed E-state index contributed by atoms with van der Waals surface area (Å²) in [5, 5.41) is 23.9. The number of amides is 1. The lowest BCUT2D eigenvalue weighted by molar-refractivity contribution is -0.393. The fraction of sp³-hybridized carbons (Fsp3) is 0.133. The summed E-state index contributed by atoms with van der Waals surface area (Å²) in [5.74, 6) is -0.0513. The lowest BCUT2D eigenvalue weighted by Crippen LogP contribution is -2.13. The average molecular weight is 382 g/mol. The topological polar surface area (TPSA) is 134 Å². The highest BCUT2D eigenvalue weighted by molar-refractivity contribution is 6.35. The first kappa shape index (κ1) is 18.9. The van der Waals surface area contributed by atoms with Crippen LogP contribution in [0.1, 0.15) is 10.4 Å². The van der Waals surface area contributed by atoms with E-state index in [-0.39, 0.29) is 17.0 Å². The number of nitrogens with one attached hydrogen (secondary N) is 1. The molecule has 0 fully saturated rings. The van der Waals surface area contributed by atoms with Crippen molar-refractivity contribution in [2.75, 3.05) is 19.5 Å². The van der Waals surface area contributed by atoms with Crippen molar-refractivity contribution in [1.82, 2.24) is 0 Å². The number of hydrogen-bond donors (Lipinski definition) is 1. The monoisotopic (exact) mass is 381 g/mol. The number of nitrogens with zero attached hydrogens (tertiary/aromatic N) is 2. The first-order valence-electron chi connectivity index (χ1n) is 6.94. The summed E-state index contributed by atoms with van der Waals surface area (Å²) in [6.07, 6.45) is 0. The van der Waals surface area contributed by atoms with Gasteiger partial charge in [0.05, 0.1) is 35.3 Å². The smallest absolute Gasteiger partial charge is 0.295 e. The fourth-order valence-corrected chi connectivity index (χ4v) is 2.33. The van der Waals surface area contributed by atoms with Crippen LogP contribution in [0.4, 0.5) is 17.1 Å². The van der Waals surface area contributed by atoms with E-state index in [0.29, 0.717) is 5.75 Å². The minimum absolute atomic E-state index is 0.249. The Labute approximate surface area is 151 Å². The van der Waals surface area contributed by atoms with Gasteiger partial charge in [0, 0.05) is 18.2 Å². The van der Waals surface area contributed by atoms with E-state index in [1.807, 2.05) is 0 Å². The molecular weight excluding hydrogens is 370 g/mol. The number of halogens is 1. The predicted molar refractivity (Wildman–Crippen MR) is 92.3 cm³/mol. The van der Waals surface area contributed by atoms with Crippen LogP contribution in [0.15, 0.2) is 30.3 Å². The van der Waals surface area contributed by atoms with Gasteiger partial charge in [-0.25, -0.2) is 0 Å².